The molecule has 0 aliphatic carbocycles. The van der Waals surface area contributed by atoms with E-state index in [4.69, 9.17) is 4.74 Å². The van der Waals surface area contributed by atoms with E-state index < -0.39 is 5.60 Å². The van der Waals surface area contributed by atoms with E-state index in [0.717, 1.165) is 25.0 Å². The molecule has 2 heteroatoms. The number of carbonyl (C=O) groups excluding carboxylic acids is 1. The Morgan fingerprint density at radius 3 is 2.58 bits per heavy atom. The van der Waals surface area contributed by atoms with Crippen molar-refractivity contribution in [3.05, 3.63) is 11.6 Å². The zero-order valence-electron chi connectivity index (χ0n) is 8.02. The third-order valence-corrected chi connectivity index (χ3v) is 2.16. The van der Waals surface area contributed by atoms with Gasteiger partial charge in [-0.05, 0) is 39.7 Å². The first kappa shape index (κ1) is 9.46. The summed E-state index contributed by atoms with van der Waals surface area (Å²) in [6, 6.07) is 0. The predicted molar refractivity (Wildman–Crippen MR) is 48.0 cm³/mol. The van der Waals surface area contributed by atoms with E-state index in [-0.39, 0.29) is 5.78 Å². The van der Waals surface area contributed by atoms with E-state index in [9.17, 15) is 4.79 Å². The summed E-state index contributed by atoms with van der Waals surface area (Å²) in [5.41, 5.74) is 0.508. The number of ketones is 1. The molecule has 1 unspecified atom stereocenters. The summed E-state index contributed by atoms with van der Waals surface area (Å²) >= 11 is 0. The van der Waals surface area contributed by atoms with Gasteiger partial charge in [0.15, 0.2) is 5.78 Å². The first-order valence-electron chi connectivity index (χ1n) is 4.38. The van der Waals surface area contributed by atoms with Crippen LogP contribution in [-0.4, -0.2) is 18.0 Å². The van der Waals surface area contributed by atoms with Crippen molar-refractivity contribution < 1.29 is 9.53 Å². The summed E-state index contributed by atoms with van der Waals surface area (Å²) in [4.78, 5) is 11.6. The Kier molecular flexibility index (Phi) is 2.68. The van der Waals surface area contributed by atoms with Gasteiger partial charge in [-0.3, -0.25) is 4.79 Å². The quantitative estimate of drug-likeness (QED) is 0.590. The summed E-state index contributed by atoms with van der Waals surface area (Å²) in [6.45, 7) is 6.45. The fourth-order valence-corrected chi connectivity index (χ4v) is 1.39. The molecule has 1 aliphatic heterocycles. The Morgan fingerprint density at radius 1 is 1.50 bits per heavy atom. The molecule has 0 aromatic heterocycles. The van der Waals surface area contributed by atoms with Crippen LogP contribution in [0.1, 0.15) is 33.6 Å². The maximum atomic E-state index is 11.6. The largest absolute Gasteiger partial charge is 0.367 e. The van der Waals surface area contributed by atoms with Crippen LogP contribution < -0.4 is 0 Å². The Hall–Kier alpha value is -0.630. The Morgan fingerprint density at radius 2 is 2.17 bits per heavy atom. The highest BCUT2D eigenvalue weighted by atomic mass is 16.5. The van der Waals surface area contributed by atoms with Crippen LogP contribution in [0.15, 0.2) is 11.6 Å². The van der Waals surface area contributed by atoms with Crippen LogP contribution in [0, 0.1) is 0 Å². The van der Waals surface area contributed by atoms with Crippen LogP contribution in [0.4, 0.5) is 0 Å². The van der Waals surface area contributed by atoms with Crippen LogP contribution in [0.5, 0.6) is 0 Å². The maximum absolute atomic E-state index is 11.6. The summed E-state index contributed by atoms with van der Waals surface area (Å²) in [6.07, 6.45) is 3.53. The van der Waals surface area contributed by atoms with Crippen LogP contribution in [0.2, 0.25) is 0 Å². The van der Waals surface area contributed by atoms with Gasteiger partial charge in [0, 0.05) is 6.61 Å². The van der Waals surface area contributed by atoms with Gasteiger partial charge in [0.25, 0.3) is 0 Å². The lowest BCUT2D eigenvalue weighted by molar-refractivity contribution is -0.131. The Labute approximate surface area is 73.6 Å². The predicted octanol–water partition coefficient (Wildman–Crippen LogP) is 2.09. The minimum absolute atomic E-state index is 0.111. The standard InChI is InChI=1S/C10H16O2/c1-8(2)7-9(11)10(3)5-4-6-12-10/h7H,4-6H2,1-3H3. The van der Waals surface area contributed by atoms with Crippen LogP contribution in [-0.2, 0) is 9.53 Å². The van der Waals surface area contributed by atoms with Crippen molar-refractivity contribution in [2.75, 3.05) is 6.61 Å². The molecule has 0 bridgehead atoms. The van der Waals surface area contributed by atoms with Gasteiger partial charge in [0.05, 0.1) is 0 Å². The molecule has 2 nitrogen and oxygen atoms in total. The molecule has 0 spiro atoms. The third-order valence-electron chi connectivity index (χ3n) is 2.16. The van der Waals surface area contributed by atoms with Gasteiger partial charge in [0.1, 0.15) is 5.60 Å². The fraction of sp³-hybridized carbons (Fsp3) is 0.700. The van der Waals surface area contributed by atoms with Gasteiger partial charge in [0.2, 0.25) is 0 Å². The molecule has 68 valence electrons. The number of carbonyl (C=O) groups is 1. The van der Waals surface area contributed by atoms with Crippen LogP contribution in [0.3, 0.4) is 0 Å². The second-order valence-electron chi connectivity index (χ2n) is 3.77. The average molecular weight is 168 g/mol. The third kappa shape index (κ3) is 1.95. The van der Waals surface area contributed by atoms with Crippen LogP contribution >= 0.6 is 0 Å². The number of hydrogen-bond donors (Lipinski definition) is 0. The molecular weight excluding hydrogens is 152 g/mol. The van der Waals surface area contributed by atoms with E-state index in [0.29, 0.717) is 0 Å². The molecule has 0 radical (unpaired) electrons. The average Bonchev–Trinajstić information content (AvgIpc) is 2.36. The monoisotopic (exact) mass is 168 g/mol. The van der Waals surface area contributed by atoms with Gasteiger partial charge in [-0.25, -0.2) is 0 Å². The smallest absolute Gasteiger partial charge is 0.187 e. The molecule has 0 saturated carbocycles. The van der Waals surface area contributed by atoms with Crippen molar-refractivity contribution in [1.29, 1.82) is 0 Å². The summed E-state index contributed by atoms with van der Waals surface area (Å²) in [5.74, 6) is 0.111. The molecule has 1 saturated heterocycles. The Bertz CT molecular complexity index is 206. The lowest BCUT2D eigenvalue weighted by atomic mass is 9.96. The highest BCUT2D eigenvalue weighted by molar-refractivity contribution is 5.97. The highest BCUT2D eigenvalue weighted by Gasteiger charge is 2.35. The second kappa shape index (κ2) is 3.40. The highest BCUT2D eigenvalue weighted by Crippen LogP contribution is 2.26. The zero-order chi connectivity index (χ0) is 9.19. The fourth-order valence-electron chi connectivity index (χ4n) is 1.39. The van der Waals surface area contributed by atoms with Gasteiger partial charge in [-0.1, -0.05) is 5.57 Å². The molecule has 0 aromatic rings. The van der Waals surface area contributed by atoms with Crippen molar-refractivity contribution >= 4 is 5.78 Å². The van der Waals surface area contributed by atoms with Crippen molar-refractivity contribution in [3.63, 3.8) is 0 Å². The van der Waals surface area contributed by atoms with Crippen molar-refractivity contribution in [2.24, 2.45) is 0 Å². The van der Waals surface area contributed by atoms with E-state index in [2.05, 4.69) is 0 Å². The number of rotatable bonds is 2. The van der Waals surface area contributed by atoms with E-state index in [1.54, 1.807) is 6.08 Å². The number of allylic oxidation sites excluding steroid dienone is 1. The first-order valence-corrected chi connectivity index (χ1v) is 4.38. The molecule has 1 fully saturated rings. The molecule has 0 N–H and O–H groups in total. The SMILES string of the molecule is CC(C)=CC(=O)C1(C)CCCO1. The normalized spacial score (nSPS) is 28.6. The van der Waals surface area contributed by atoms with Gasteiger partial charge in [-0.15, -0.1) is 0 Å². The minimum Gasteiger partial charge on any atom is -0.367 e. The molecular formula is C10H16O2. The lowest BCUT2D eigenvalue weighted by Gasteiger charge is -2.19. The molecule has 1 rings (SSSR count). The molecule has 12 heavy (non-hydrogen) atoms. The first-order chi connectivity index (χ1) is 5.54. The van der Waals surface area contributed by atoms with E-state index >= 15 is 0 Å². The summed E-state index contributed by atoms with van der Waals surface area (Å²) in [5, 5.41) is 0. The summed E-state index contributed by atoms with van der Waals surface area (Å²) in [7, 11) is 0. The lowest BCUT2D eigenvalue weighted by Crippen LogP contribution is -2.32. The van der Waals surface area contributed by atoms with Crippen molar-refractivity contribution in [2.45, 2.75) is 39.2 Å². The van der Waals surface area contributed by atoms with Gasteiger partial charge in [-0.2, -0.15) is 0 Å². The number of ether oxygens (including phenoxy) is 1. The molecule has 0 amide bonds. The number of hydrogen-bond acceptors (Lipinski definition) is 2. The van der Waals surface area contributed by atoms with Crippen LogP contribution in [0.25, 0.3) is 0 Å². The minimum atomic E-state index is -0.530. The second-order valence-corrected chi connectivity index (χ2v) is 3.77. The van der Waals surface area contributed by atoms with E-state index in [1.807, 2.05) is 20.8 Å². The van der Waals surface area contributed by atoms with E-state index in [1.165, 1.54) is 0 Å². The zero-order valence-corrected chi connectivity index (χ0v) is 8.02. The van der Waals surface area contributed by atoms with Gasteiger partial charge < -0.3 is 4.74 Å². The molecule has 1 heterocycles. The molecule has 1 atom stereocenters. The van der Waals surface area contributed by atoms with Crippen molar-refractivity contribution in [3.8, 4) is 0 Å². The maximum Gasteiger partial charge on any atom is 0.187 e. The van der Waals surface area contributed by atoms with Crippen molar-refractivity contribution in [1.82, 2.24) is 0 Å². The van der Waals surface area contributed by atoms with Gasteiger partial charge >= 0.3 is 0 Å². The molecule has 0 aromatic carbocycles. The summed E-state index contributed by atoms with van der Waals surface area (Å²) < 4.78 is 5.41. The Balaban J connectivity index is 2.68. The topological polar surface area (TPSA) is 26.3 Å². The molecule has 1 aliphatic rings.